The smallest absolute Gasteiger partial charge is 0.240 e. The maximum Gasteiger partial charge on any atom is 0.240 e. The molecule has 0 radical (unpaired) electrons. The van der Waals surface area contributed by atoms with Crippen molar-refractivity contribution in [2.45, 2.75) is 39.4 Å². The number of nitrogens with one attached hydrogen (secondary N) is 1. The molecule has 1 N–H and O–H groups in total. The first-order chi connectivity index (χ1) is 8.57. The third-order valence-corrected chi connectivity index (χ3v) is 3.16. The summed E-state index contributed by atoms with van der Waals surface area (Å²) < 4.78 is 10.3. The van der Waals surface area contributed by atoms with Crippen LogP contribution in [-0.4, -0.2) is 56.5 Å². The van der Waals surface area contributed by atoms with Crippen molar-refractivity contribution in [3.8, 4) is 0 Å². The topological polar surface area (TPSA) is 50.8 Å². The summed E-state index contributed by atoms with van der Waals surface area (Å²) in [5.74, 6) is 0.624. The van der Waals surface area contributed by atoms with Crippen LogP contribution in [0.15, 0.2) is 0 Å². The standard InChI is InChI=1S/C13H26N2O3/c1-10(2)12-14-11(3)13(16)15(12)6-5-7-18-9-8-17-4/h10-12,14H,5-9H2,1-4H3. The lowest BCUT2D eigenvalue weighted by Crippen LogP contribution is -2.42. The van der Waals surface area contributed by atoms with E-state index in [9.17, 15) is 4.79 Å². The lowest BCUT2D eigenvalue weighted by Gasteiger charge is -2.27. The first kappa shape index (κ1) is 15.4. The van der Waals surface area contributed by atoms with Crippen molar-refractivity contribution in [2.24, 2.45) is 5.92 Å². The zero-order valence-corrected chi connectivity index (χ0v) is 11.9. The number of rotatable bonds is 8. The molecule has 0 aromatic rings. The van der Waals surface area contributed by atoms with Gasteiger partial charge in [0.2, 0.25) is 5.91 Å². The minimum absolute atomic E-state index is 0.0631. The van der Waals surface area contributed by atoms with Gasteiger partial charge in [0.1, 0.15) is 0 Å². The van der Waals surface area contributed by atoms with E-state index in [0.29, 0.717) is 25.7 Å². The van der Waals surface area contributed by atoms with Gasteiger partial charge in [-0.15, -0.1) is 0 Å². The van der Waals surface area contributed by atoms with Crippen LogP contribution in [-0.2, 0) is 14.3 Å². The van der Waals surface area contributed by atoms with E-state index in [1.807, 2.05) is 11.8 Å². The average Bonchev–Trinajstić information content (AvgIpc) is 2.61. The van der Waals surface area contributed by atoms with Crippen LogP contribution in [0.4, 0.5) is 0 Å². The van der Waals surface area contributed by atoms with E-state index in [4.69, 9.17) is 9.47 Å². The molecule has 1 rings (SSSR count). The molecular weight excluding hydrogens is 232 g/mol. The fraction of sp³-hybridized carbons (Fsp3) is 0.923. The third-order valence-electron chi connectivity index (χ3n) is 3.16. The predicted molar refractivity (Wildman–Crippen MR) is 70.2 cm³/mol. The maximum absolute atomic E-state index is 12.0. The molecule has 106 valence electrons. The second kappa shape index (κ2) is 7.71. The van der Waals surface area contributed by atoms with Gasteiger partial charge in [-0.05, 0) is 19.3 Å². The second-order valence-corrected chi connectivity index (χ2v) is 5.07. The van der Waals surface area contributed by atoms with Crippen LogP contribution in [0.2, 0.25) is 0 Å². The van der Waals surface area contributed by atoms with Gasteiger partial charge in [-0.1, -0.05) is 13.8 Å². The van der Waals surface area contributed by atoms with Gasteiger partial charge < -0.3 is 14.4 Å². The number of amides is 1. The molecule has 1 heterocycles. The monoisotopic (exact) mass is 258 g/mol. The molecule has 2 atom stereocenters. The minimum atomic E-state index is -0.0631. The lowest BCUT2D eigenvalue weighted by atomic mass is 10.1. The van der Waals surface area contributed by atoms with Crippen LogP contribution in [0.25, 0.3) is 0 Å². The predicted octanol–water partition coefficient (Wildman–Crippen LogP) is 0.842. The number of carbonyl (C=O) groups excluding carboxylic acids is 1. The van der Waals surface area contributed by atoms with Gasteiger partial charge in [-0.25, -0.2) is 0 Å². The zero-order chi connectivity index (χ0) is 13.5. The normalized spacial score (nSPS) is 24.3. The Labute approximate surface area is 110 Å². The molecule has 0 saturated carbocycles. The van der Waals surface area contributed by atoms with E-state index >= 15 is 0 Å². The number of methoxy groups -OCH3 is 1. The van der Waals surface area contributed by atoms with Crippen LogP contribution in [0.5, 0.6) is 0 Å². The fourth-order valence-corrected chi connectivity index (χ4v) is 2.19. The molecule has 18 heavy (non-hydrogen) atoms. The fourth-order valence-electron chi connectivity index (χ4n) is 2.19. The number of nitrogens with zero attached hydrogens (tertiary/aromatic N) is 1. The largest absolute Gasteiger partial charge is 0.382 e. The maximum atomic E-state index is 12.0. The Bertz CT molecular complexity index is 259. The molecule has 0 aromatic carbocycles. The van der Waals surface area contributed by atoms with E-state index in [1.165, 1.54) is 0 Å². The summed E-state index contributed by atoms with van der Waals surface area (Å²) in [4.78, 5) is 13.9. The lowest BCUT2D eigenvalue weighted by molar-refractivity contribution is -0.130. The van der Waals surface area contributed by atoms with Crippen molar-refractivity contribution in [1.82, 2.24) is 10.2 Å². The Morgan fingerprint density at radius 3 is 2.67 bits per heavy atom. The summed E-state index contributed by atoms with van der Waals surface area (Å²) >= 11 is 0. The minimum Gasteiger partial charge on any atom is -0.382 e. The molecule has 1 amide bonds. The average molecular weight is 258 g/mol. The Hall–Kier alpha value is -0.650. The van der Waals surface area contributed by atoms with Crippen LogP contribution < -0.4 is 5.32 Å². The van der Waals surface area contributed by atoms with E-state index in [1.54, 1.807) is 7.11 Å². The first-order valence-corrected chi connectivity index (χ1v) is 6.71. The molecule has 0 aliphatic carbocycles. The van der Waals surface area contributed by atoms with Crippen molar-refractivity contribution in [3.63, 3.8) is 0 Å². The molecule has 5 heteroatoms. The van der Waals surface area contributed by atoms with Gasteiger partial charge in [0.15, 0.2) is 0 Å². The van der Waals surface area contributed by atoms with Crippen LogP contribution >= 0.6 is 0 Å². The molecule has 1 aliphatic heterocycles. The number of hydrogen-bond acceptors (Lipinski definition) is 4. The van der Waals surface area contributed by atoms with E-state index in [0.717, 1.165) is 13.0 Å². The summed E-state index contributed by atoms with van der Waals surface area (Å²) in [5, 5.41) is 3.33. The van der Waals surface area contributed by atoms with Gasteiger partial charge in [0.05, 0.1) is 25.4 Å². The van der Waals surface area contributed by atoms with E-state index in [-0.39, 0.29) is 18.1 Å². The van der Waals surface area contributed by atoms with Crippen LogP contribution in [0, 0.1) is 5.92 Å². The number of carbonyl (C=O) groups is 1. The summed E-state index contributed by atoms with van der Waals surface area (Å²) in [6.07, 6.45) is 1.03. The van der Waals surface area contributed by atoms with Gasteiger partial charge in [-0.2, -0.15) is 0 Å². The number of hydrogen-bond donors (Lipinski definition) is 1. The highest BCUT2D eigenvalue weighted by Crippen LogP contribution is 2.17. The van der Waals surface area contributed by atoms with Crippen LogP contribution in [0.1, 0.15) is 27.2 Å². The first-order valence-electron chi connectivity index (χ1n) is 6.71. The third kappa shape index (κ3) is 4.23. The van der Waals surface area contributed by atoms with Gasteiger partial charge in [0, 0.05) is 20.3 Å². The molecule has 5 nitrogen and oxygen atoms in total. The summed E-state index contributed by atoms with van der Waals surface area (Å²) in [6, 6.07) is -0.0631. The van der Waals surface area contributed by atoms with Crippen LogP contribution in [0.3, 0.4) is 0 Å². The molecule has 0 spiro atoms. The van der Waals surface area contributed by atoms with Crippen molar-refractivity contribution >= 4 is 5.91 Å². The van der Waals surface area contributed by atoms with Crippen molar-refractivity contribution in [3.05, 3.63) is 0 Å². The number of ether oxygens (including phenoxy) is 2. The summed E-state index contributed by atoms with van der Waals surface area (Å²) in [6.45, 7) is 8.85. The quantitative estimate of drug-likeness (QED) is 0.656. The Morgan fingerprint density at radius 1 is 1.33 bits per heavy atom. The van der Waals surface area contributed by atoms with Crippen molar-refractivity contribution in [2.75, 3.05) is 33.5 Å². The molecular formula is C13H26N2O3. The van der Waals surface area contributed by atoms with Gasteiger partial charge in [-0.3, -0.25) is 10.1 Å². The molecule has 2 unspecified atom stereocenters. The summed E-state index contributed by atoms with van der Waals surface area (Å²) in [5.41, 5.74) is 0. The Balaban J connectivity index is 2.28. The molecule has 1 saturated heterocycles. The molecule has 0 bridgehead atoms. The highest BCUT2D eigenvalue weighted by molar-refractivity contribution is 5.83. The van der Waals surface area contributed by atoms with E-state index < -0.39 is 0 Å². The van der Waals surface area contributed by atoms with Gasteiger partial charge >= 0.3 is 0 Å². The van der Waals surface area contributed by atoms with E-state index in [2.05, 4.69) is 19.2 Å². The molecule has 0 aromatic heterocycles. The van der Waals surface area contributed by atoms with Crippen molar-refractivity contribution < 1.29 is 14.3 Å². The Kier molecular flexibility index (Phi) is 6.60. The second-order valence-electron chi connectivity index (χ2n) is 5.07. The molecule has 1 aliphatic rings. The highest BCUT2D eigenvalue weighted by atomic mass is 16.5. The summed E-state index contributed by atoms with van der Waals surface area (Å²) in [7, 11) is 1.66. The zero-order valence-electron chi connectivity index (χ0n) is 11.9. The highest BCUT2D eigenvalue weighted by Gasteiger charge is 2.36. The Morgan fingerprint density at radius 2 is 2.06 bits per heavy atom. The molecule has 1 fully saturated rings. The SMILES string of the molecule is COCCOCCCN1C(=O)C(C)NC1C(C)C. The van der Waals surface area contributed by atoms with Crippen molar-refractivity contribution in [1.29, 1.82) is 0 Å². The van der Waals surface area contributed by atoms with Gasteiger partial charge in [0.25, 0.3) is 0 Å².